The zero-order chi connectivity index (χ0) is 23.2. The van der Waals surface area contributed by atoms with E-state index in [-0.39, 0.29) is 17.6 Å². The second-order valence-corrected chi connectivity index (χ2v) is 10.4. The van der Waals surface area contributed by atoms with Crippen LogP contribution in [0, 0.1) is 11.6 Å². The molecule has 5 nitrogen and oxygen atoms in total. The third kappa shape index (κ3) is 3.93. The van der Waals surface area contributed by atoms with Gasteiger partial charge >= 0.3 is 6.03 Å². The van der Waals surface area contributed by atoms with Crippen molar-refractivity contribution in [3.05, 3.63) is 70.8 Å². The molecule has 8 heteroatoms. The normalized spacial score (nSPS) is 23.5. The standard InChI is InChI=1S/C25H28F2N4OS/c1-29-14-11-19(12-15-29)30(2)24(32)31-25(13-5-7-17-6-3-4-8-21(17)25)33-23(28-31)20-16-18(26)9-10-22(20)27/h3-4,6,8-10,16,19H,5,7,11-15H2,1-2H3. The maximum atomic E-state index is 14.7. The first-order valence-corrected chi connectivity index (χ1v) is 12.3. The molecule has 174 valence electrons. The third-order valence-corrected chi connectivity index (χ3v) is 8.51. The van der Waals surface area contributed by atoms with Crippen molar-refractivity contribution in [2.75, 3.05) is 27.2 Å². The van der Waals surface area contributed by atoms with Crippen molar-refractivity contribution in [3.63, 3.8) is 0 Å². The maximum Gasteiger partial charge on any atom is 0.342 e. The Bertz CT molecular complexity index is 1100. The molecule has 1 unspecified atom stereocenters. The molecule has 0 bridgehead atoms. The Morgan fingerprint density at radius 2 is 1.94 bits per heavy atom. The minimum absolute atomic E-state index is 0.0969. The van der Waals surface area contributed by atoms with Crippen molar-refractivity contribution in [1.82, 2.24) is 14.8 Å². The van der Waals surface area contributed by atoms with E-state index in [1.54, 1.807) is 9.91 Å². The SMILES string of the molecule is CN1CCC(N(C)C(=O)N2N=C(c3cc(F)ccc3F)SC23CCCc2ccccc23)CC1. The molecule has 2 heterocycles. The van der Waals surface area contributed by atoms with Gasteiger partial charge in [-0.25, -0.2) is 13.6 Å². The van der Waals surface area contributed by atoms with Gasteiger partial charge in [0.2, 0.25) is 0 Å². The minimum atomic E-state index is -0.764. The summed E-state index contributed by atoms with van der Waals surface area (Å²) in [4.78, 5) is 17.2. The van der Waals surface area contributed by atoms with Crippen LogP contribution in [-0.4, -0.2) is 59.1 Å². The van der Waals surface area contributed by atoms with Gasteiger partial charge in [-0.3, -0.25) is 0 Å². The number of amides is 2. The van der Waals surface area contributed by atoms with Crippen LogP contribution >= 0.6 is 11.8 Å². The minimum Gasteiger partial charge on any atom is -0.323 e. The van der Waals surface area contributed by atoms with Crippen LogP contribution in [0.3, 0.4) is 0 Å². The van der Waals surface area contributed by atoms with E-state index >= 15 is 0 Å². The number of halogens is 2. The van der Waals surface area contributed by atoms with Crippen LogP contribution in [0.4, 0.5) is 13.6 Å². The lowest BCUT2D eigenvalue weighted by atomic mass is 9.86. The molecule has 5 rings (SSSR count). The van der Waals surface area contributed by atoms with E-state index in [2.05, 4.69) is 23.1 Å². The lowest BCUT2D eigenvalue weighted by molar-refractivity contribution is 0.0970. The molecular weight excluding hydrogens is 442 g/mol. The Balaban J connectivity index is 1.56. The molecule has 3 aliphatic rings. The molecule has 2 aliphatic heterocycles. The van der Waals surface area contributed by atoms with Gasteiger partial charge < -0.3 is 9.80 Å². The lowest BCUT2D eigenvalue weighted by Crippen LogP contribution is -2.52. The van der Waals surface area contributed by atoms with Crippen LogP contribution in [0.15, 0.2) is 47.6 Å². The van der Waals surface area contributed by atoms with E-state index < -0.39 is 16.5 Å². The Hall–Kier alpha value is -2.45. The van der Waals surface area contributed by atoms with Crippen molar-refractivity contribution in [2.45, 2.75) is 43.0 Å². The first kappa shape index (κ1) is 22.3. The number of hydrogen-bond donors (Lipinski definition) is 0. The molecule has 0 aromatic heterocycles. The highest BCUT2D eigenvalue weighted by Gasteiger charge is 2.52. The number of piperidine rings is 1. The fourth-order valence-electron chi connectivity index (χ4n) is 5.15. The summed E-state index contributed by atoms with van der Waals surface area (Å²) in [7, 11) is 3.93. The van der Waals surface area contributed by atoms with Gasteiger partial charge in [-0.1, -0.05) is 36.0 Å². The molecule has 1 aliphatic carbocycles. The number of urea groups is 1. The van der Waals surface area contributed by atoms with Crippen LogP contribution in [0.2, 0.25) is 0 Å². The summed E-state index contributed by atoms with van der Waals surface area (Å²) in [5, 5.41) is 6.56. The average Bonchev–Trinajstić information content (AvgIpc) is 3.20. The Kier molecular flexibility index (Phi) is 5.91. The third-order valence-electron chi connectivity index (χ3n) is 7.08. The number of likely N-dealkylation sites (tertiary alicyclic amines) is 1. The summed E-state index contributed by atoms with van der Waals surface area (Å²) in [6.07, 6.45) is 4.32. The first-order valence-electron chi connectivity index (χ1n) is 11.5. The molecule has 1 atom stereocenters. The van der Waals surface area contributed by atoms with Crippen LogP contribution in [0.5, 0.6) is 0 Å². The summed E-state index contributed by atoms with van der Waals surface area (Å²) < 4.78 is 28.7. The highest BCUT2D eigenvalue weighted by Crippen LogP contribution is 2.54. The van der Waals surface area contributed by atoms with E-state index in [4.69, 9.17) is 0 Å². The van der Waals surface area contributed by atoms with Crippen molar-refractivity contribution < 1.29 is 13.6 Å². The number of fused-ring (bicyclic) bond motifs is 2. The van der Waals surface area contributed by atoms with Gasteiger partial charge in [0.05, 0.1) is 0 Å². The molecule has 1 fully saturated rings. The van der Waals surface area contributed by atoms with Crippen LogP contribution in [0.1, 0.15) is 42.4 Å². The van der Waals surface area contributed by atoms with E-state index in [1.807, 2.05) is 25.2 Å². The van der Waals surface area contributed by atoms with Crippen LogP contribution in [-0.2, 0) is 11.3 Å². The van der Waals surface area contributed by atoms with Gasteiger partial charge in [0.15, 0.2) is 0 Å². The highest BCUT2D eigenvalue weighted by molar-refractivity contribution is 8.15. The number of rotatable bonds is 2. The van der Waals surface area contributed by atoms with Crippen LogP contribution < -0.4 is 0 Å². The second kappa shape index (κ2) is 8.72. The van der Waals surface area contributed by atoms with Gasteiger partial charge in [0, 0.05) is 18.7 Å². The summed E-state index contributed by atoms with van der Waals surface area (Å²) in [6.45, 7) is 1.88. The van der Waals surface area contributed by atoms with E-state index in [9.17, 15) is 13.6 Å². The van der Waals surface area contributed by atoms with Crippen molar-refractivity contribution in [1.29, 1.82) is 0 Å². The number of hydrazone groups is 1. The molecule has 1 saturated heterocycles. The predicted molar refractivity (Wildman–Crippen MR) is 127 cm³/mol. The van der Waals surface area contributed by atoms with Gasteiger partial charge in [0.1, 0.15) is 21.5 Å². The molecule has 0 N–H and O–H groups in total. The van der Waals surface area contributed by atoms with Crippen molar-refractivity contribution in [3.8, 4) is 0 Å². The van der Waals surface area contributed by atoms with Gasteiger partial charge in [-0.15, -0.1) is 0 Å². The number of benzene rings is 2. The first-order chi connectivity index (χ1) is 15.9. The Morgan fingerprint density at radius 3 is 2.73 bits per heavy atom. The van der Waals surface area contributed by atoms with Gasteiger partial charge in [-0.2, -0.15) is 10.1 Å². The molecule has 0 radical (unpaired) electrons. The molecule has 2 aromatic rings. The average molecular weight is 471 g/mol. The highest BCUT2D eigenvalue weighted by atomic mass is 32.2. The number of aryl methyl sites for hydroxylation is 1. The monoisotopic (exact) mass is 470 g/mol. The molecule has 0 saturated carbocycles. The number of nitrogens with zero attached hydrogens (tertiary/aromatic N) is 4. The second-order valence-electron chi connectivity index (χ2n) is 9.17. The zero-order valence-corrected chi connectivity index (χ0v) is 19.7. The zero-order valence-electron chi connectivity index (χ0n) is 18.9. The van der Waals surface area contributed by atoms with Crippen LogP contribution in [0.25, 0.3) is 0 Å². The quantitative estimate of drug-likeness (QED) is 0.619. The van der Waals surface area contributed by atoms with E-state index in [1.165, 1.54) is 17.3 Å². The summed E-state index contributed by atoms with van der Waals surface area (Å²) in [6, 6.07) is 11.4. The fourth-order valence-corrected chi connectivity index (χ4v) is 6.62. The number of hydrogen-bond acceptors (Lipinski definition) is 4. The summed E-state index contributed by atoms with van der Waals surface area (Å²) in [5.41, 5.74) is 2.30. The topological polar surface area (TPSA) is 39.1 Å². The summed E-state index contributed by atoms with van der Waals surface area (Å²) in [5.74, 6) is -1.07. The number of carbonyl (C=O) groups excluding carboxylic acids is 1. The maximum absolute atomic E-state index is 14.7. The smallest absolute Gasteiger partial charge is 0.323 e. The fraction of sp³-hybridized carbons (Fsp3) is 0.440. The Morgan fingerprint density at radius 1 is 1.18 bits per heavy atom. The number of carbonyl (C=O) groups is 1. The lowest BCUT2D eigenvalue weighted by Gasteiger charge is -2.43. The summed E-state index contributed by atoms with van der Waals surface area (Å²) >= 11 is 1.37. The van der Waals surface area contributed by atoms with Gasteiger partial charge in [-0.05, 0) is 81.6 Å². The van der Waals surface area contributed by atoms with Gasteiger partial charge in [0.25, 0.3) is 0 Å². The Labute approximate surface area is 197 Å². The molecular formula is C25H28F2N4OS. The molecule has 2 aromatic carbocycles. The predicted octanol–water partition coefficient (Wildman–Crippen LogP) is 5.01. The largest absolute Gasteiger partial charge is 0.342 e. The molecule has 33 heavy (non-hydrogen) atoms. The van der Waals surface area contributed by atoms with E-state index in [0.29, 0.717) is 11.5 Å². The molecule has 2 amide bonds. The van der Waals surface area contributed by atoms with E-state index in [0.717, 1.165) is 62.5 Å². The van der Waals surface area contributed by atoms with Crippen molar-refractivity contribution >= 4 is 22.8 Å². The number of thioether (sulfide) groups is 1. The van der Waals surface area contributed by atoms with Crippen molar-refractivity contribution in [2.24, 2.45) is 5.10 Å². The molecule has 1 spiro atoms.